The molecule has 1 aliphatic rings. The van der Waals surface area contributed by atoms with E-state index in [9.17, 15) is 9.18 Å². The summed E-state index contributed by atoms with van der Waals surface area (Å²) in [5.74, 6) is -0.648. The highest BCUT2D eigenvalue weighted by Gasteiger charge is 2.40. The first-order chi connectivity index (χ1) is 14.5. The van der Waals surface area contributed by atoms with E-state index in [2.05, 4.69) is 15.4 Å². The van der Waals surface area contributed by atoms with Crippen molar-refractivity contribution in [3.8, 4) is 11.3 Å². The lowest BCUT2D eigenvalue weighted by atomic mass is 9.91. The zero-order valence-corrected chi connectivity index (χ0v) is 17.3. The Labute approximate surface area is 180 Å². The fourth-order valence-corrected chi connectivity index (χ4v) is 5.13. The maximum atomic E-state index is 13.6. The van der Waals surface area contributed by atoms with Gasteiger partial charge in [0.1, 0.15) is 15.8 Å². The largest absolute Gasteiger partial charge is 0.339 e. The molecule has 1 atom stereocenters. The number of halogens is 2. The van der Waals surface area contributed by atoms with Crippen LogP contribution in [0.2, 0.25) is 4.34 Å². The number of aromatic nitrogens is 3. The minimum Gasteiger partial charge on any atom is -0.339 e. The van der Waals surface area contributed by atoms with Crippen molar-refractivity contribution in [1.82, 2.24) is 19.9 Å². The number of pyridine rings is 1. The van der Waals surface area contributed by atoms with Crippen LogP contribution in [0.15, 0.2) is 48.8 Å². The second-order valence-electron chi connectivity index (χ2n) is 7.27. The van der Waals surface area contributed by atoms with Gasteiger partial charge in [-0.25, -0.2) is 13.9 Å². The van der Waals surface area contributed by atoms with Gasteiger partial charge in [0.05, 0.1) is 17.3 Å². The van der Waals surface area contributed by atoms with Crippen LogP contribution in [-0.4, -0.2) is 27.0 Å². The standard InChI is InChI=1S/C21H17ClFN5OS/c22-18-17(14-10-25-28-8-2-1-3-16(14)28)26-20(30-18)19(29)27-21(11-24)7-6-12-9-13(23)4-5-15(12)21/h1-5,8-10H,6-7,11,24H2,(H,27,29). The molecule has 1 aliphatic carbocycles. The van der Waals surface area contributed by atoms with E-state index in [-0.39, 0.29) is 23.3 Å². The Morgan fingerprint density at radius 3 is 3.07 bits per heavy atom. The number of nitrogens with zero attached hydrogens (tertiary/aromatic N) is 3. The lowest BCUT2D eigenvalue weighted by molar-refractivity contribution is 0.0899. The number of carbonyl (C=O) groups excluding carboxylic acids is 1. The van der Waals surface area contributed by atoms with Crippen LogP contribution in [0.25, 0.3) is 16.8 Å². The number of fused-ring (bicyclic) bond motifs is 2. The Bertz CT molecular complexity index is 1290. The number of aryl methyl sites for hydroxylation is 1. The van der Waals surface area contributed by atoms with Gasteiger partial charge in [0, 0.05) is 18.3 Å². The van der Waals surface area contributed by atoms with Gasteiger partial charge in [-0.2, -0.15) is 5.10 Å². The number of benzene rings is 1. The first kappa shape index (κ1) is 19.2. The lowest BCUT2D eigenvalue weighted by Gasteiger charge is -2.30. The van der Waals surface area contributed by atoms with Crippen molar-refractivity contribution in [2.45, 2.75) is 18.4 Å². The molecule has 0 saturated heterocycles. The van der Waals surface area contributed by atoms with E-state index in [1.807, 2.05) is 24.4 Å². The Morgan fingerprint density at radius 1 is 1.37 bits per heavy atom. The summed E-state index contributed by atoms with van der Waals surface area (Å²) in [5.41, 5.74) is 9.15. The number of rotatable bonds is 4. The molecule has 5 rings (SSSR count). The third kappa shape index (κ3) is 2.99. The number of hydrogen-bond donors (Lipinski definition) is 2. The monoisotopic (exact) mass is 441 g/mol. The summed E-state index contributed by atoms with van der Waals surface area (Å²) in [6, 6.07) is 10.3. The predicted octanol–water partition coefficient (Wildman–Crippen LogP) is 3.78. The fourth-order valence-electron chi connectivity index (χ4n) is 4.06. The molecule has 152 valence electrons. The van der Waals surface area contributed by atoms with Gasteiger partial charge < -0.3 is 11.1 Å². The highest BCUT2D eigenvalue weighted by Crippen LogP contribution is 2.38. The molecule has 3 N–H and O–H groups in total. The van der Waals surface area contributed by atoms with Crippen LogP contribution in [-0.2, 0) is 12.0 Å². The van der Waals surface area contributed by atoms with Crippen molar-refractivity contribution < 1.29 is 9.18 Å². The molecule has 0 saturated carbocycles. The van der Waals surface area contributed by atoms with E-state index < -0.39 is 5.54 Å². The number of nitrogens with two attached hydrogens (primary N) is 1. The van der Waals surface area contributed by atoms with E-state index in [1.54, 1.807) is 16.8 Å². The number of nitrogens with one attached hydrogen (secondary N) is 1. The van der Waals surface area contributed by atoms with Gasteiger partial charge in [-0.1, -0.05) is 35.1 Å². The van der Waals surface area contributed by atoms with E-state index in [0.717, 1.165) is 33.5 Å². The first-order valence-corrected chi connectivity index (χ1v) is 10.6. The van der Waals surface area contributed by atoms with Gasteiger partial charge in [-0.3, -0.25) is 4.79 Å². The van der Waals surface area contributed by atoms with E-state index in [0.29, 0.717) is 22.9 Å². The average Bonchev–Trinajstić information content (AvgIpc) is 3.43. The minimum atomic E-state index is -0.747. The third-order valence-corrected chi connectivity index (χ3v) is 6.82. The van der Waals surface area contributed by atoms with E-state index in [4.69, 9.17) is 17.3 Å². The summed E-state index contributed by atoms with van der Waals surface area (Å²) in [6.07, 6.45) is 4.77. The van der Waals surface area contributed by atoms with Crippen molar-refractivity contribution in [1.29, 1.82) is 0 Å². The fraction of sp³-hybridized carbons (Fsp3) is 0.190. The summed E-state index contributed by atoms with van der Waals surface area (Å²) >= 11 is 7.55. The molecule has 6 nitrogen and oxygen atoms in total. The number of amides is 1. The molecule has 1 unspecified atom stereocenters. The van der Waals surface area contributed by atoms with Gasteiger partial charge in [0.2, 0.25) is 0 Å². The van der Waals surface area contributed by atoms with Crippen LogP contribution in [0.3, 0.4) is 0 Å². The topological polar surface area (TPSA) is 85.3 Å². The van der Waals surface area contributed by atoms with Crippen LogP contribution in [0.1, 0.15) is 27.3 Å². The first-order valence-electron chi connectivity index (χ1n) is 9.41. The zero-order valence-electron chi connectivity index (χ0n) is 15.7. The Balaban J connectivity index is 1.48. The maximum Gasteiger partial charge on any atom is 0.281 e. The van der Waals surface area contributed by atoms with Gasteiger partial charge in [0.25, 0.3) is 5.91 Å². The van der Waals surface area contributed by atoms with Crippen LogP contribution in [0, 0.1) is 5.82 Å². The molecule has 0 fully saturated rings. The molecule has 9 heteroatoms. The highest BCUT2D eigenvalue weighted by molar-refractivity contribution is 7.18. The van der Waals surface area contributed by atoms with Crippen molar-refractivity contribution in [3.05, 3.63) is 75.1 Å². The normalized spacial score (nSPS) is 18.0. The molecule has 3 heterocycles. The maximum absolute atomic E-state index is 13.6. The zero-order chi connectivity index (χ0) is 20.9. The minimum absolute atomic E-state index is 0.206. The summed E-state index contributed by atoms with van der Waals surface area (Å²) in [4.78, 5) is 17.6. The number of hydrogen-bond acceptors (Lipinski definition) is 5. The Hall–Kier alpha value is -2.81. The molecule has 0 spiro atoms. The molecule has 30 heavy (non-hydrogen) atoms. The molecule has 0 radical (unpaired) electrons. The van der Waals surface area contributed by atoms with Gasteiger partial charge in [0.15, 0.2) is 5.01 Å². The smallest absolute Gasteiger partial charge is 0.281 e. The van der Waals surface area contributed by atoms with Gasteiger partial charge in [-0.15, -0.1) is 0 Å². The second kappa shape index (κ2) is 7.16. The average molecular weight is 442 g/mol. The van der Waals surface area contributed by atoms with Crippen molar-refractivity contribution in [3.63, 3.8) is 0 Å². The molecular weight excluding hydrogens is 425 g/mol. The molecule has 0 bridgehead atoms. The lowest BCUT2D eigenvalue weighted by Crippen LogP contribution is -2.49. The molecule has 4 aromatic rings. The quantitative estimate of drug-likeness (QED) is 0.504. The highest BCUT2D eigenvalue weighted by atomic mass is 35.5. The summed E-state index contributed by atoms with van der Waals surface area (Å²) < 4.78 is 15.7. The van der Waals surface area contributed by atoms with Crippen LogP contribution in [0.4, 0.5) is 4.39 Å². The van der Waals surface area contributed by atoms with E-state index in [1.165, 1.54) is 12.1 Å². The second-order valence-corrected chi connectivity index (χ2v) is 8.87. The predicted molar refractivity (Wildman–Crippen MR) is 114 cm³/mol. The van der Waals surface area contributed by atoms with Crippen molar-refractivity contribution in [2.24, 2.45) is 5.73 Å². The van der Waals surface area contributed by atoms with Crippen molar-refractivity contribution >= 4 is 34.4 Å². The van der Waals surface area contributed by atoms with Crippen LogP contribution in [0.5, 0.6) is 0 Å². The van der Waals surface area contributed by atoms with Crippen LogP contribution >= 0.6 is 22.9 Å². The van der Waals surface area contributed by atoms with Crippen molar-refractivity contribution in [2.75, 3.05) is 6.54 Å². The number of carbonyl (C=O) groups is 1. The summed E-state index contributed by atoms with van der Waals surface area (Å²) in [5, 5.41) is 7.59. The van der Waals surface area contributed by atoms with E-state index >= 15 is 0 Å². The SMILES string of the molecule is NCC1(NC(=O)c2nc(-c3cnn4ccccc34)c(Cl)s2)CCc2cc(F)ccc21. The molecule has 0 aliphatic heterocycles. The Morgan fingerprint density at radius 2 is 2.23 bits per heavy atom. The number of thiazole rings is 1. The van der Waals surface area contributed by atoms with Crippen LogP contribution < -0.4 is 11.1 Å². The third-order valence-electron chi connectivity index (χ3n) is 5.57. The molecular formula is C21H17ClFN5OS. The molecule has 3 aromatic heterocycles. The van der Waals surface area contributed by atoms with Gasteiger partial charge in [-0.05, 0) is 48.2 Å². The summed E-state index contributed by atoms with van der Waals surface area (Å²) in [7, 11) is 0. The molecule has 1 aromatic carbocycles. The summed E-state index contributed by atoms with van der Waals surface area (Å²) in [6.45, 7) is 0.206. The molecule has 1 amide bonds. The van der Waals surface area contributed by atoms with Gasteiger partial charge >= 0.3 is 0 Å². The Kier molecular flexibility index (Phi) is 4.57.